The molecule has 3 atom stereocenters. The van der Waals surface area contributed by atoms with E-state index in [0.717, 1.165) is 17.9 Å². The van der Waals surface area contributed by atoms with Crippen molar-refractivity contribution in [1.82, 2.24) is 5.32 Å². The third-order valence-corrected chi connectivity index (χ3v) is 4.48. The van der Waals surface area contributed by atoms with Crippen molar-refractivity contribution in [3.63, 3.8) is 0 Å². The van der Waals surface area contributed by atoms with Crippen LogP contribution in [0.3, 0.4) is 0 Å². The van der Waals surface area contributed by atoms with Crippen LogP contribution in [0.1, 0.15) is 85.5 Å². The molecule has 1 fully saturated rings. The lowest BCUT2D eigenvalue weighted by molar-refractivity contribution is 0.366. The van der Waals surface area contributed by atoms with Gasteiger partial charge in [-0.05, 0) is 50.9 Å². The Bertz CT molecular complexity index is 200. The second kappa shape index (κ2) is 8.96. The lowest BCUT2D eigenvalue weighted by Crippen LogP contribution is -2.36. The monoisotopic (exact) mass is 253 g/mol. The number of nitrogens with one attached hydrogen (secondary N) is 1. The summed E-state index contributed by atoms with van der Waals surface area (Å²) in [6.07, 6.45) is 12.7. The standard InChI is InChI=1S/C17H35N/c1-5-7-16-8-6-9-17(13-12-16)18-15(4)11-10-14(2)3/h14-18H,5-13H2,1-4H3. The van der Waals surface area contributed by atoms with E-state index >= 15 is 0 Å². The Morgan fingerprint density at radius 3 is 2.44 bits per heavy atom. The van der Waals surface area contributed by atoms with Gasteiger partial charge in [-0.2, -0.15) is 0 Å². The summed E-state index contributed by atoms with van der Waals surface area (Å²) in [6, 6.07) is 1.51. The summed E-state index contributed by atoms with van der Waals surface area (Å²) in [4.78, 5) is 0. The van der Waals surface area contributed by atoms with Crippen LogP contribution < -0.4 is 5.32 Å². The third-order valence-electron chi connectivity index (χ3n) is 4.48. The average Bonchev–Trinajstić information content (AvgIpc) is 2.53. The zero-order valence-corrected chi connectivity index (χ0v) is 13.2. The quantitative estimate of drug-likeness (QED) is 0.619. The second-order valence-electron chi connectivity index (χ2n) is 6.90. The van der Waals surface area contributed by atoms with Crippen molar-refractivity contribution in [3.8, 4) is 0 Å². The van der Waals surface area contributed by atoms with E-state index < -0.39 is 0 Å². The van der Waals surface area contributed by atoms with Gasteiger partial charge in [0.25, 0.3) is 0 Å². The molecule has 1 rings (SSSR count). The van der Waals surface area contributed by atoms with Crippen LogP contribution in [0.5, 0.6) is 0 Å². The first-order valence-corrected chi connectivity index (χ1v) is 8.37. The molecule has 1 nitrogen and oxygen atoms in total. The molecule has 0 spiro atoms. The predicted molar refractivity (Wildman–Crippen MR) is 81.9 cm³/mol. The number of hydrogen-bond donors (Lipinski definition) is 1. The predicted octanol–water partition coefficient (Wildman–Crippen LogP) is 5.15. The molecule has 3 unspecified atom stereocenters. The number of hydrogen-bond acceptors (Lipinski definition) is 1. The minimum Gasteiger partial charge on any atom is -0.312 e. The van der Waals surface area contributed by atoms with Gasteiger partial charge in [-0.3, -0.25) is 0 Å². The van der Waals surface area contributed by atoms with E-state index in [-0.39, 0.29) is 0 Å². The topological polar surface area (TPSA) is 12.0 Å². The molecule has 1 saturated carbocycles. The molecule has 0 saturated heterocycles. The summed E-state index contributed by atoms with van der Waals surface area (Å²) in [5.41, 5.74) is 0. The summed E-state index contributed by atoms with van der Waals surface area (Å²) in [5, 5.41) is 3.88. The summed E-state index contributed by atoms with van der Waals surface area (Å²) in [5.74, 6) is 1.87. The lowest BCUT2D eigenvalue weighted by Gasteiger charge is -2.23. The van der Waals surface area contributed by atoms with Crippen molar-refractivity contribution in [2.75, 3.05) is 0 Å². The minimum atomic E-state index is 0.708. The highest BCUT2D eigenvalue weighted by Crippen LogP contribution is 2.27. The Hall–Kier alpha value is -0.0400. The fraction of sp³-hybridized carbons (Fsp3) is 1.00. The van der Waals surface area contributed by atoms with Gasteiger partial charge in [-0.15, -0.1) is 0 Å². The van der Waals surface area contributed by atoms with Crippen LogP contribution in [0.15, 0.2) is 0 Å². The molecule has 18 heavy (non-hydrogen) atoms. The van der Waals surface area contributed by atoms with E-state index in [9.17, 15) is 0 Å². The average molecular weight is 253 g/mol. The van der Waals surface area contributed by atoms with Gasteiger partial charge >= 0.3 is 0 Å². The molecule has 0 aromatic carbocycles. The Morgan fingerprint density at radius 1 is 1.00 bits per heavy atom. The molecule has 0 aromatic heterocycles. The highest BCUT2D eigenvalue weighted by Gasteiger charge is 2.19. The molecule has 0 aliphatic heterocycles. The van der Waals surface area contributed by atoms with Crippen molar-refractivity contribution in [1.29, 1.82) is 0 Å². The molecule has 0 aromatic rings. The lowest BCUT2D eigenvalue weighted by atomic mass is 9.95. The van der Waals surface area contributed by atoms with E-state index in [2.05, 4.69) is 33.0 Å². The van der Waals surface area contributed by atoms with Crippen molar-refractivity contribution in [2.45, 2.75) is 97.6 Å². The molecular weight excluding hydrogens is 218 g/mol. The van der Waals surface area contributed by atoms with Gasteiger partial charge in [-0.1, -0.05) is 46.5 Å². The van der Waals surface area contributed by atoms with Crippen LogP contribution in [0.4, 0.5) is 0 Å². The van der Waals surface area contributed by atoms with Gasteiger partial charge in [0.1, 0.15) is 0 Å². The maximum Gasteiger partial charge on any atom is 0.00696 e. The molecule has 1 heteroatoms. The highest BCUT2D eigenvalue weighted by atomic mass is 14.9. The molecular formula is C17H35N. The molecule has 108 valence electrons. The number of rotatable bonds is 7. The maximum atomic E-state index is 3.88. The van der Waals surface area contributed by atoms with Gasteiger partial charge in [0.2, 0.25) is 0 Å². The summed E-state index contributed by atoms with van der Waals surface area (Å²) >= 11 is 0. The second-order valence-corrected chi connectivity index (χ2v) is 6.90. The molecule has 0 amide bonds. The molecule has 1 aliphatic rings. The maximum absolute atomic E-state index is 3.88. The zero-order valence-electron chi connectivity index (χ0n) is 13.2. The fourth-order valence-electron chi connectivity index (χ4n) is 3.31. The fourth-order valence-corrected chi connectivity index (χ4v) is 3.31. The Balaban J connectivity index is 2.21. The first-order chi connectivity index (χ1) is 8.61. The molecule has 0 radical (unpaired) electrons. The van der Waals surface area contributed by atoms with E-state index in [1.807, 2.05) is 0 Å². The summed E-state index contributed by atoms with van der Waals surface area (Å²) < 4.78 is 0. The summed E-state index contributed by atoms with van der Waals surface area (Å²) in [6.45, 7) is 9.35. The first-order valence-electron chi connectivity index (χ1n) is 8.37. The minimum absolute atomic E-state index is 0.708. The van der Waals surface area contributed by atoms with Crippen molar-refractivity contribution in [3.05, 3.63) is 0 Å². The van der Waals surface area contributed by atoms with Crippen LogP contribution in [0.2, 0.25) is 0 Å². The van der Waals surface area contributed by atoms with Crippen LogP contribution in [-0.2, 0) is 0 Å². The van der Waals surface area contributed by atoms with Crippen molar-refractivity contribution < 1.29 is 0 Å². The van der Waals surface area contributed by atoms with E-state index in [4.69, 9.17) is 0 Å². The van der Waals surface area contributed by atoms with Crippen molar-refractivity contribution in [2.24, 2.45) is 11.8 Å². The Labute approximate surface area is 115 Å². The van der Waals surface area contributed by atoms with Crippen LogP contribution in [0, 0.1) is 11.8 Å². The highest BCUT2D eigenvalue weighted by molar-refractivity contribution is 4.77. The van der Waals surface area contributed by atoms with Gasteiger partial charge in [0.15, 0.2) is 0 Å². The normalized spacial score (nSPS) is 27.2. The molecule has 0 heterocycles. The van der Waals surface area contributed by atoms with Gasteiger partial charge < -0.3 is 5.32 Å². The largest absolute Gasteiger partial charge is 0.312 e. The molecule has 0 bridgehead atoms. The Morgan fingerprint density at radius 2 is 1.78 bits per heavy atom. The smallest absolute Gasteiger partial charge is 0.00696 e. The van der Waals surface area contributed by atoms with Crippen LogP contribution >= 0.6 is 0 Å². The first kappa shape index (κ1) is 16.0. The molecule has 1 aliphatic carbocycles. The van der Waals surface area contributed by atoms with Crippen LogP contribution in [-0.4, -0.2) is 12.1 Å². The van der Waals surface area contributed by atoms with E-state index in [0.29, 0.717) is 6.04 Å². The van der Waals surface area contributed by atoms with Gasteiger partial charge in [0, 0.05) is 12.1 Å². The third kappa shape index (κ3) is 6.78. The van der Waals surface area contributed by atoms with Gasteiger partial charge in [0.05, 0.1) is 0 Å². The van der Waals surface area contributed by atoms with Gasteiger partial charge in [-0.25, -0.2) is 0 Å². The van der Waals surface area contributed by atoms with E-state index in [1.165, 1.54) is 57.8 Å². The van der Waals surface area contributed by atoms with E-state index in [1.54, 1.807) is 0 Å². The molecule has 1 N–H and O–H groups in total. The SMILES string of the molecule is CCCC1CCCC(NC(C)CCC(C)C)CC1. The van der Waals surface area contributed by atoms with Crippen LogP contribution in [0.25, 0.3) is 0 Å². The Kier molecular flexibility index (Phi) is 7.97. The van der Waals surface area contributed by atoms with Crippen molar-refractivity contribution >= 4 is 0 Å². The summed E-state index contributed by atoms with van der Waals surface area (Å²) in [7, 11) is 0. The zero-order chi connectivity index (χ0) is 13.4.